The van der Waals surface area contributed by atoms with Gasteiger partial charge in [-0.3, -0.25) is 4.79 Å². The van der Waals surface area contributed by atoms with Gasteiger partial charge < -0.3 is 14.5 Å². The maximum Gasteiger partial charge on any atom is 0.287 e. The van der Waals surface area contributed by atoms with Crippen LogP contribution in [-0.2, 0) is 14.8 Å². The third-order valence-electron chi connectivity index (χ3n) is 3.71. The molecule has 1 unspecified atom stereocenters. The second kappa shape index (κ2) is 6.02. The fourth-order valence-corrected chi connectivity index (χ4v) is 3.45. The molecule has 0 bridgehead atoms. The monoisotopic (exact) mass is 330 g/mol. The summed E-state index contributed by atoms with van der Waals surface area (Å²) in [5, 5.41) is 2.87. The van der Waals surface area contributed by atoms with Crippen molar-refractivity contribution in [2.75, 3.05) is 27.3 Å². The van der Waals surface area contributed by atoms with Gasteiger partial charge in [-0.15, -0.1) is 0 Å². The van der Waals surface area contributed by atoms with E-state index in [0.29, 0.717) is 13.2 Å². The summed E-state index contributed by atoms with van der Waals surface area (Å²) < 4.78 is 36.1. The summed E-state index contributed by atoms with van der Waals surface area (Å²) in [5.41, 5.74) is -0.462. The first kappa shape index (κ1) is 17.0. The number of ether oxygens (including phenoxy) is 1. The molecule has 1 aliphatic heterocycles. The van der Waals surface area contributed by atoms with Gasteiger partial charge in [-0.1, -0.05) is 0 Å². The molecule has 1 aliphatic rings. The third kappa shape index (κ3) is 3.34. The summed E-state index contributed by atoms with van der Waals surface area (Å²) in [7, 11) is -0.769. The predicted molar refractivity (Wildman–Crippen MR) is 80.2 cm³/mol. The maximum atomic E-state index is 12.3. The molecule has 1 aromatic heterocycles. The summed E-state index contributed by atoms with van der Waals surface area (Å²) in [6.07, 6.45) is 1.68. The molecule has 1 atom stereocenters. The number of nitrogens with one attached hydrogen (secondary N) is 1. The molecule has 1 aromatic rings. The Bertz CT molecular complexity index is 657. The zero-order chi connectivity index (χ0) is 16.5. The zero-order valence-corrected chi connectivity index (χ0v) is 14.1. The highest BCUT2D eigenvalue weighted by molar-refractivity contribution is 7.89. The number of hydrogen-bond donors (Lipinski definition) is 1. The Hall–Kier alpha value is -1.38. The molecule has 2 heterocycles. The van der Waals surface area contributed by atoms with E-state index in [1.807, 2.05) is 6.92 Å². The molecule has 8 heteroatoms. The number of rotatable bonds is 4. The van der Waals surface area contributed by atoms with Crippen LogP contribution >= 0.6 is 0 Å². The number of carbonyl (C=O) groups excluding carboxylic acids is 1. The predicted octanol–water partition coefficient (Wildman–Crippen LogP) is 1.14. The second-order valence-corrected chi connectivity index (χ2v) is 8.11. The van der Waals surface area contributed by atoms with Gasteiger partial charge in [0.15, 0.2) is 5.76 Å². The highest BCUT2D eigenvalue weighted by Crippen LogP contribution is 2.24. The Balaban J connectivity index is 2.22. The van der Waals surface area contributed by atoms with Crippen LogP contribution < -0.4 is 5.32 Å². The van der Waals surface area contributed by atoms with E-state index in [1.54, 1.807) is 0 Å². The summed E-state index contributed by atoms with van der Waals surface area (Å²) >= 11 is 0. The van der Waals surface area contributed by atoms with Crippen LogP contribution in [-0.4, -0.2) is 51.5 Å². The van der Waals surface area contributed by atoms with Crippen molar-refractivity contribution in [3.63, 3.8) is 0 Å². The number of carbonyl (C=O) groups is 1. The minimum Gasteiger partial charge on any atom is -0.455 e. The Labute approximate surface area is 130 Å². The highest BCUT2D eigenvalue weighted by Gasteiger charge is 2.32. The summed E-state index contributed by atoms with van der Waals surface area (Å²) in [6.45, 7) is 4.55. The van der Waals surface area contributed by atoms with E-state index in [4.69, 9.17) is 9.15 Å². The SMILES string of the molecule is Cc1oc(C(=O)NC2(C)CCCOC2)cc1S(=O)(=O)N(C)C. The Morgan fingerprint density at radius 1 is 1.41 bits per heavy atom. The van der Waals surface area contributed by atoms with Crippen LogP contribution in [0.4, 0.5) is 0 Å². The van der Waals surface area contributed by atoms with E-state index >= 15 is 0 Å². The van der Waals surface area contributed by atoms with E-state index in [1.165, 1.54) is 27.1 Å². The van der Waals surface area contributed by atoms with Crippen molar-refractivity contribution in [1.29, 1.82) is 0 Å². The minimum atomic E-state index is -3.63. The molecule has 0 saturated carbocycles. The lowest BCUT2D eigenvalue weighted by atomic mass is 9.95. The van der Waals surface area contributed by atoms with Gasteiger partial charge in [-0.2, -0.15) is 0 Å². The quantitative estimate of drug-likeness (QED) is 0.894. The van der Waals surface area contributed by atoms with E-state index in [9.17, 15) is 13.2 Å². The van der Waals surface area contributed by atoms with Crippen LogP contribution in [0, 0.1) is 6.92 Å². The van der Waals surface area contributed by atoms with Gasteiger partial charge in [-0.05, 0) is 26.7 Å². The third-order valence-corrected chi connectivity index (χ3v) is 5.63. The van der Waals surface area contributed by atoms with E-state index in [2.05, 4.69) is 5.32 Å². The Morgan fingerprint density at radius 2 is 2.09 bits per heavy atom. The average molecular weight is 330 g/mol. The van der Waals surface area contributed by atoms with Crippen LogP contribution in [0.5, 0.6) is 0 Å². The lowest BCUT2D eigenvalue weighted by Crippen LogP contribution is -2.51. The van der Waals surface area contributed by atoms with Gasteiger partial charge in [0.2, 0.25) is 10.0 Å². The molecule has 22 heavy (non-hydrogen) atoms. The van der Waals surface area contributed by atoms with E-state index < -0.39 is 21.5 Å². The van der Waals surface area contributed by atoms with Crippen molar-refractivity contribution in [3.8, 4) is 0 Å². The lowest BCUT2D eigenvalue weighted by molar-refractivity contribution is 0.0265. The molecular weight excluding hydrogens is 308 g/mol. The highest BCUT2D eigenvalue weighted by atomic mass is 32.2. The molecule has 2 rings (SSSR count). The largest absolute Gasteiger partial charge is 0.455 e. The lowest BCUT2D eigenvalue weighted by Gasteiger charge is -2.33. The number of sulfonamides is 1. The van der Waals surface area contributed by atoms with Gasteiger partial charge >= 0.3 is 0 Å². The van der Waals surface area contributed by atoms with Crippen molar-refractivity contribution in [2.24, 2.45) is 0 Å². The van der Waals surface area contributed by atoms with Gasteiger partial charge in [0.1, 0.15) is 10.7 Å². The van der Waals surface area contributed by atoms with Crippen molar-refractivity contribution in [2.45, 2.75) is 37.1 Å². The van der Waals surface area contributed by atoms with E-state index in [0.717, 1.165) is 17.1 Å². The molecular formula is C14H22N2O5S. The van der Waals surface area contributed by atoms with Crippen molar-refractivity contribution in [1.82, 2.24) is 9.62 Å². The molecule has 7 nitrogen and oxygen atoms in total. The maximum absolute atomic E-state index is 12.3. The van der Waals surface area contributed by atoms with Crippen LogP contribution in [0.2, 0.25) is 0 Å². The summed E-state index contributed by atoms with van der Waals surface area (Å²) in [6, 6.07) is 1.27. The van der Waals surface area contributed by atoms with E-state index in [-0.39, 0.29) is 16.4 Å². The first-order chi connectivity index (χ1) is 10.2. The molecule has 0 spiro atoms. The van der Waals surface area contributed by atoms with Gasteiger partial charge in [0, 0.05) is 26.8 Å². The van der Waals surface area contributed by atoms with Gasteiger partial charge in [0.05, 0.1) is 12.1 Å². The normalized spacial score (nSPS) is 22.8. The van der Waals surface area contributed by atoms with Crippen LogP contribution in [0.15, 0.2) is 15.4 Å². The molecule has 1 amide bonds. The smallest absolute Gasteiger partial charge is 0.287 e. The molecule has 0 radical (unpaired) electrons. The number of hydrogen-bond acceptors (Lipinski definition) is 5. The molecule has 1 fully saturated rings. The number of aryl methyl sites for hydroxylation is 1. The summed E-state index contributed by atoms with van der Waals surface area (Å²) in [4.78, 5) is 12.3. The fourth-order valence-electron chi connectivity index (χ4n) is 2.40. The molecule has 1 saturated heterocycles. The van der Waals surface area contributed by atoms with Crippen molar-refractivity contribution >= 4 is 15.9 Å². The molecule has 1 N–H and O–H groups in total. The first-order valence-corrected chi connectivity index (χ1v) is 8.53. The minimum absolute atomic E-state index is 0.00713. The first-order valence-electron chi connectivity index (χ1n) is 7.09. The zero-order valence-electron chi connectivity index (χ0n) is 13.3. The molecule has 0 aromatic carbocycles. The number of furan rings is 1. The number of nitrogens with zero attached hydrogens (tertiary/aromatic N) is 1. The summed E-state index contributed by atoms with van der Waals surface area (Å²) in [5.74, 6) is -0.245. The van der Waals surface area contributed by atoms with Crippen molar-refractivity contribution in [3.05, 3.63) is 17.6 Å². The number of amides is 1. The van der Waals surface area contributed by atoms with Crippen LogP contribution in [0.3, 0.4) is 0 Å². The van der Waals surface area contributed by atoms with Gasteiger partial charge in [-0.25, -0.2) is 12.7 Å². The second-order valence-electron chi connectivity index (χ2n) is 5.99. The average Bonchev–Trinajstić information content (AvgIpc) is 2.81. The topological polar surface area (TPSA) is 88.8 Å². The van der Waals surface area contributed by atoms with Gasteiger partial charge in [0.25, 0.3) is 5.91 Å². The standard InChI is InChI=1S/C14H22N2O5S/c1-10-12(22(18,19)16(3)4)8-11(21-10)13(17)15-14(2)6-5-7-20-9-14/h8H,5-7,9H2,1-4H3,(H,15,17). The fraction of sp³-hybridized carbons (Fsp3) is 0.643. The Kier molecular flexibility index (Phi) is 4.65. The molecule has 0 aliphatic carbocycles. The van der Waals surface area contributed by atoms with Crippen molar-refractivity contribution < 1.29 is 22.4 Å². The molecule has 124 valence electrons. The van der Waals surface area contributed by atoms with Crippen LogP contribution in [0.1, 0.15) is 36.1 Å². The Morgan fingerprint density at radius 3 is 2.64 bits per heavy atom. The van der Waals surface area contributed by atoms with Crippen LogP contribution in [0.25, 0.3) is 0 Å².